The largest absolute Gasteiger partial charge is 0.479 e. The minimum atomic E-state index is -1.22. The van der Waals surface area contributed by atoms with Crippen LogP contribution in [-0.2, 0) is 16.0 Å². The van der Waals surface area contributed by atoms with Crippen molar-refractivity contribution in [1.29, 1.82) is 0 Å². The SMILES string of the molecule is Cc1nc(-c2ccc(Cl)cc2)oc1CCOC(C)(C)C(=O)O. The molecule has 0 saturated carbocycles. The summed E-state index contributed by atoms with van der Waals surface area (Å²) in [6.07, 6.45) is 0.461. The summed E-state index contributed by atoms with van der Waals surface area (Å²) < 4.78 is 11.1. The van der Waals surface area contributed by atoms with Gasteiger partial charge >= 0.3 is 5.97 Å². The standard InChI is InChI=1S/C16H18ClNO4/c1-10-13(8-9-21-16(2,3)15(19)20)22-14(18-10)11-4-6-12(17)7-5-11/h4-7H,8-9H2,1-3H3,(H,19,20). The lowest BCUT2D eigenvalue weighted by atomic mass is 10.1. The molecule has 0 fully saturated rings. The van der Waals surface area contributed by atoms with Gasteiger partial charge in [0.05, 0.1) is 12.3 Å². The molecule has 0 aliphatic rings. The lowest BCUT2D eigenvalue weighted by Gasteiger charge is -2.19. The third kappa shape index (κ3) is 3.87. The van der Waals surface area contributed by atoms with Crippen LogP contribution in [0.1, 0.15) is 25.3 Å². The van der Waals surface area contributed by atoms with E-state index >= 15 is 0 Å². The van der Waals surface area contributed by atoms with E-state index in [0.717, 1.165) is 11.3 Å². The van der Waals surface area contributed by atoms with Crippen molar-refractivity contribution in [2.75, 3.05) is 6.61 Å². The van der Waals surface area contributed by atoms with Crippen molar-refractivity contribution in [2.24, 2.45) is 0 Å². The Balaban J connectivity index is 2.04. The molecule has 5 nitrogen and oxygen atoms in total. The van der Waals surface area contributed by atoms with E-state index < -0.39 is 11.6 Å². The number of rotatable bonds is 6. The molecule has 1 heterocycles. The van der Waals surface area contributed by atoms with Gasteiger partial charge in [0, 0.05) is 17.0 Å². The Hall–Kier alpha value is -1.85. The number of hydrogen-bond acceptors (Lipinski definition) is 4. The number of nitrogens with zero attached hydrogens (tertiary/aromatic N) is 1. The van der Waals surface area contributed by atoms with E-state index in [1.807, 2.05) is 19.1 Å². The summed E-state index contributed by atoms with van der Waals surface area (Å²) in [6, 6.07) is 7.21. The zero-order valence-corrected chi connectivity index (χ0v) is 13.5. The van der Waals surface area contributed by atoms with E-state index in [1.165, 1.54) is 13.8 Å². The third-order valence-electron chi connectivity index (χ3n) is 3.29. The molecule has 0 radical (unpaired) electrons. The molecule has 0 aliphatic heterocycles. The molecule has 22 heavy (non-hydrogen) atoms. The van der Waals surface area contributed by atoms with Crippen molar-refractivity contribution in [3.8, 4) is 11.5 Å². The molecule has 1 aromatic carbocycles. The predicted octanol–water partition coefficient (Wildman–Crippen LogP) is 3.73. The molecule has 0 aliphatic carbocycles. The number of hydrogen-bond donors (Lipinski definition) is 1. The van der Waals surface area contributed by atoms with Gasteiger partial charge in [0.15, 0.2) is 5.60 Å². The van der Waals surface area contributed by atoms with Crippen molar-refractivity contribution < 1.29 is 19.1 Å². The zero-order chi connectivity index (χ0) is 16.3. The van der Waals surface area contributed by atoms with Crippen molar-refractivity contribution >= 4 is 17.6 Å². The number of carboxylic acids is 1. The first-order valence-corrected chi connectivity index (χ1v) is 7.27. The van der Waals surface area contributed by atoms with Crippen LogP contribution in [0.5, 0.6) is 0 Å². The molecule has 0 bridgehead atoms. The van der Waals surface area contributed by atoms with Crippen molar-refractivity contribution in [1.82, 2.24) is 4.98 Å². The average molecular weight is 324 g/mol. The minimum Gasteiger partial charge on any atom is -0.479 e. The Labute approximate surface area is 133 Å². The number of carboxylic acid groups (broad SMARTS) is 1. The molecule has 118 valence electrons. The summed E-state index contributed by atoms with van der Waals surface area (Å²) in [7, 11) is 0. The molecule has 2 rings (SSSR count). The van der Waals surface area contributed by atoms with E-state index in [0.29, 0.717) is 23.1 Å². The molecule has 1 aromatic heterocycles. The Morgan fingerprint density at radius 2 is 2.00 bits per heavy atom. The van der Waals surface area contributed by atoms with Crippen molar-refractivity contribution in [3.05, 3.63) is 40.7 Å². The molecule has 0 saturated heterocycles. The second kappa shape index (κ2) is 6.50. The molecule has 0 unspecified atom stereocenters. The summed E-state index contributed by atoms with van der Waals surface area (Å²) in [4.78, 5) is 15.4. The van der Waals surface area contributed by atoms with E-state index in [4.69, 9.17) is 25.9 Å². The second-order valence-corrected chi connectivity index (χ2v) is 5.88. The Kier molecular flexibility index (Phi) is 4.88. The number of carbonyl (C=O) groups is 1. The summed E-state index contributed by atoms with van der Waals surface area (Å²) >= 11 is 5.86. The normalized spacial score (nSPS) is 11.6. The van der Waals surface area contributed by atoms with Gasteiger partial charge in [-0.1, -0.05) is 11.6 Å². The van der Waals surface area contributed by atoms with Crippen LogP contribution >= 0.6 is 11.6 Å². The summed E-state index contributed by atoms with van der Waals surface area (Å²) in [5, 5.41) is 9.65. The molecule has 2 aromatic rings. The zero-order valence-electron chi connectivity index (χ0n) is 12.7. The van der Waals surface area contributed by atoms with Crippen molar-refractivity contribution in [2.45, 2.75) is 32.8 Å². The molecule has 1 N–H and O–H groups in total. The molecule has 0 spiro atoms. The van der Waals surface area contributed by atoms with Crippen LogP contribution in [0.15, 0.2) is 28.7 Å². The third-order valence-corrected chi connectivity index (χ3v) is 3.54. The summed E-state index contributed by atoms with van der Waals surface area (Å²) in [5.41, 5.74) is 0.389. The van der Waals surface area contributed by atoms with Crippen molar-refractivity contribution in [3.63, 3.8) is 0 Å². The molecule has 0 atom stereocenters. The van der Waals surface area contributed by atoms with E-state index in [-0.39, 0.29) is 6.61 Å². The van der Waals surface area contributed by atoms with Crippen LogP contribution in [-0.4, -0.2) is 28.3 Å². The Morgan fingerprint density at radius 3 is 2.59 bits per heavy atom. The fraction of sp³-hybridized carbons (Fsp3) is 0.375. The van der Waals surface area contributed by atoms with E-state index in [2.05, 4.69) is 4.98 Å². The van der Waals surface area contributed by atoms with E-state index in [9.17, 15) is 4.79 Å². The van der Waals surface area contributed by atoms with Crippen LogP contribution in [0.25, 0.3) is 11.5 Å². The number of halogens is 1. The number of aliphatic carboxylic acids is 1. The maximum atomic E-state index is 11.0. The Morgan fingerprint density at radius 1 is 1.36 bits per heavy atom. The van der Waals surface area contributed by atoms with Gasteiger partial charge in [-0.2, -0.15) is 0 Å². The van der Waals surface area contributed by atoms with Gasteiger partial charge in [-0.15, -0.1) is 0 Å². The van der Waals surface area contributed by atoms with Gasteiger partial charge < -0.3 is 14.3 Å². The number of aromatic nitrogens is 1. The van der Waals surface area contributed by atoms with Crippen LogP contribution in [0.3, 0.4) is 0 Å². The predicted molar refractivity (Wildman–Crippen MR) is 83.1 cm³/mol. The highest BCUT2D eigenvalue weighted by Crippen LogP contribution is 2.24. The second-order valence-electron chi connectivity index (χ2n) is 5.45. The maximum Gasteiger partial charge on any atom is 0.335 e. The van der Waals surface area contributed by atoms with Crippen LogP contribution < -0.4 is 0 Å². The fourth-order valence-electron chi connectivity index (χ4n) is 1.84. The first-order valence-electron chi connectivity index (χ1n) is 6.89. The first-order chi connectivity index (χ1) is 10.3. The number of ether oxygens (including phenoxy) is 1. The summed E-state index contributed by atoms with van der Waals surface area (Å²) in [5.74, 6) is 0.205. The quantitative estimate of drug-likeness (QED) is 0.877. The monoisotopic (exact) mass is 323 g/mol. The van der Waals surface area contributed by atoms with Crippen LogP contribution in [0.2, 0.25) is 5.02 Å². The number of oxazole rings is 1. The molecular weight excluding hydrogens is 306 g/mol. The van der Waals surface area contributed by atoms with Gasteiger partial charge in [-0.05, 0) is 45.0 Å². The highest BCUT2D eigenvalue weighted by molar-refractivity contribution is 6.30. The topological polar surface area (TPSA) is 72.6 Å². The molecule has 0 amide bonds. The van der Waals surface area contributed by atoms with Crippen LogP contribution in [0.4, 0.5) is 0 Å². The minimum absolute atomic E-state index is 0.245. The van der Waals surface area contributed by atoms with E-state index in [1.54, 1.807) is 12.1 Å². The highest BCUT2D eigenvalue weighted by Gasteiger charge is 2.27. The molecule has 6 heteroatoms. The Bertz CT molecular complexity index is 661. The fourth-order valence-corrected chi connectivity index (χ4v) is 1.96. The van der Waals surface area contributed by atoms with Crippen LogP contribution in [0, 0.1) is 6.92 Å². The average Bonchev–Trinajstić information content (AvgIpc) is 2.81. The van der Waals surface area contributed by atoms with Gasteiger partial charge in [0.25, 0.3) is 0 Å². The van der Waals surface area contributed by atoms with Gasteiger partial charge in [-0.25, -0.2) is 9.78 Å². The lowest BCUT2D eigenvalue weighted by molar-refractivity contribution is -0.161. The van der Waals surface area contributed by atoms with Gasteiger partial charge in [-0.3, -0.25) is 0 Å². The molecular formula is C16H18ClNO4. The number of aryl methyl sites for hydroxylation is 1. The highest BCUT2D eigenvalue weighted by atomic mass is 35.5. The maximum absolute atomic E-state index is 11.0. The smallest absolute Gasteiger partial charge is 0.335 e. The lowest BCUT2D eigenvalue weighted by Crippen LogP contribution is -2.35. The number of benzene rings is 1. The summed E-state index contributed by atoms with van der Waals surface area (Å²) in [6.45, 7) is 5.12. The van der Waals surface area contributed by atoms with Gasteiger partial charge in [0.1, 0.15) is 5.76 Å². The van der Waals surface area contributed by atoms with Gasteiger partial charge in [0.2, 0.25) is 5.89 Å². The first kappa shape index (κ1) is 16.5.